The van der Waals surface area contributed by atoms with E-state index in [4.69, 9.17) is 9.84 Å². The predicted octanol–water partition coefficient (Wildman–Crippen LogP) is -0.743. The SMILES string of the molecule is O=S1(=O)CCC(N2CCOCC2CCO)C1. The van der Waals surface area contributed by atoms with Crippen LogP contribution in [0.1, 0.15) is 12.8 Å². The average Bonchev–Trinajstić information content (AvgIpc) is 2.60. The first-order valence-electron chi connectivity index (χ1n) is 5.77. The van der Waals surface area contributed by atoms with Gasteiger partial charge in [0.2, 0.25) is 0 Å². The van der Waals surface area contributed by atoms with Crippen molar-refractivity contribution < 1.29 is 18.3 Å². The molecule has 5 nitrogen and oxygen atoms in total. The predicted molar refractivity (Wildman–Crippen MR) is 60.1 cm³/mol. The molecule has 0 aromatic heterocycles. The number of hydrogen-bond donors (Lipinski definition) is 1. The summed E-state index contributed by atoms with van der Waals surface area (Å²) in [7, 11) is -2.83. The topological polar surface area (TPSA) is 66.8 Å². The highest BCUT2D eigenvalue weighted by Crippen LogP contribution is 2.22. The Balaban J connectivity index is 2.00. The van der Waals surface area contributed by atoms with Crippen molar-refractivity contribution in [3.05, 3.63) is 0 Å². The van der Waals surface area contributed by atoms with E-state index in [0.29, 0.717) is 25.4 Å². The fraction of sp³-hybridized carbons (Fsp3) is 1.00. The zero-order chi connectivity index (χ0) is 11.6. The van der Waals surface area contributed by atoms with E-state index in [-0.39, 0.29) is 24.4 Å². The van der Waals surface area contributed by atoms with Gasteiger partial charge in [-0.2, -0.15) is 0 Å². The molecule has 2 unspecified atom stereocenters. The van der Waals surface area contributed by atoms with Gasteiger partial charge in [-0.25, -0.2) is 8.42 Å². The van der Waals surface area contributed by atoms with E-state index < -0.39 is 9.84 Å². The summed E-state index contributed by atoms with van der Waals surface area (Å²) in [5.74, 6) is 0.579. The number of rotatable bonds is 3. The van der Waals surface area contributed by atoms with Crippen molar-refractivity contribution >= 4 is 9.84 Å². The van der Waals surface area contributed by atoms with Gasteiger partial charge in [-0.05, 0) is 12.8 Å². The molecule has 0 bridgehead atoms. The fourth-order valence-electron chi connectivity index (χ4n) is 2.58. The maximum atomic E-state index is 11.4. The van der Waals surface area contributed by atoms with Crippen molar-refractivity contribution in [1.82, 2.24) is 4.90 Å². The molecule has 0 aliphatic carbocycles. The first kappa shape index (κ1) is 12.3. The van der Waals surface area contributed by atoms with Gasteiger partial charge >= 0.3 is 0 Å². The molecule has 2 atom stereocenters. The van der Waals surface area contributed by atoms with E-state index in [0.717, 1.165) is 13.0 Å². The van der Waals surface area contributed by atoms with E-state index in [1.54, 1.807) is 0 Å². The second kappa shape index (κ2) is 5.00. The number of hydrogen-bond acceptors (Lipinski definition) is 5. The lowest BCUT2D eigenvalue weighted by atomic mass is 10.1. The molecule has 2 aliphatic rings. The normalized spacial score (nSPS) is 35.3. The van der Waals surface area contributed by atoms with Crippen molar-refractivity contribution in [2.45, 2.75) is 24.9 Å². The van der Waals surface area contributed by atoms with Gasteiger partial charge in [0.1, 0.15) is 0 Å². The minimum absolute atomic E-state index is 0.129. The van der Waals surface area contributed by atoms with Crippen LogP contribution in [-0.2, 0) is 14.6 Å². The molecular formula is C10H19NO4S. The van der Waals surface area contributed by atoms with Gasteiger partial charge in [-0.1, -0.05) is 0 Å². The molecule has 0 amide bonds. The Morgan fingerprint density at radius 1 is 1.44 bits per heavy atom. The van der Waals surface area contributed by atoms with Gasteiger partial charge in [0.15, 0.2) is 9.84 Å². The molecule has 2 rings (SSSR count). The quantitative estimate of drug-likeness (QED) is 0.713. The summed E-state index contributed by atoms with van der Waals surface area (Å²) in [4.78, 5) is 2.21. The van der Waals surface area contributed by atoms with Crippen LogP contribution in [0, 0.1) is 0 Å². The summed E-state index contributed by atoms with van der Waals surface area (Å²) >= 11 is 0. The highest BCUT2D eigenvalue weighted by molar-refractivity contribution is 7.91. The minimum Gasteiger partial charge on any atom is -0.396 e. The molecule has 2 aliphatic heterocycles. The number of ether oxygens (including phenoxy) is 1. The Morgan fingerprint density at radius 2 is 2.25 bits per heavy atom. The van der Waals surface area contributed by atoms with Crippen molar-refractivity contribution in [2.24, 2.45) is 0 Å². The standard InChI is InChI=1S/C10H19NO4S/c12-4-1-9-7-15-5-3-11(9)10-2-6-16(13,14)8-10/h9-10,12H,1-8H2. The van der Waals surface area contributed by atoms with Crippen LogP contribution < -0.4 is 0 Å². The average molecular weight is 249 g/mol. The summed E-state index contributed by atoms with van der Waals surface area (Å²) in [6, 6.07) is 0.308. The van der Waals surface area contributed by atoms with Crippen molar-refractivity contribution in [2.75, 3.05) is 37.9 Å². The summed E-state index contributed by atoms with van der Waals surface area (Å²) in [6.07, 6.45) is 1.39. The Morgan fingerprint density at radius 3 is 2.88 bits per heavy atom. The Labute approximate surface area is 96.3 Å². The lowest BCUT2D eigenvalue weighted by molar-refractivity contribution is -0.0315. The molecule has 0 spiro atoms. The molecular weight excluding hydrogens is 230 g/mol. The van der Waals surface area contributed by atoms with Gasteiger partial charge in [0, 0.05) is 25.2 Å². The number of aliphatic hydroxyl groups excluding tert-OH is 1. The maximum absolute atomic E-state index is 11.4. The fourth-order valence-corrected chi connectivity index (χ4v) is 4.33. The minimum atomic E-state index is -2.83. The van der Waals surface area contributed by atoms with Gasteiger partial charge < -0.3 is 9.84 Å². The molecule has 6 heteroatoms. The Kier molecular flexibility index (Phi) is 3.84. The second-order valence-electron chi connectivity index (χ2n) is 4.54. The molecule has 0 aromatic carbocycles. The molecule has 1 N–H and O–H groups in total. The van der Waals surface area contributed by atoms with E-state index in [1.165, 1.54) is 0 Å². The van der Waals surface area contributed by atoms with Gasteiger partial charge in [-0.15, -0.1) is 0 Å². The van der Waals surface area contributed by atoms with Crippen molar-refractivity contribution in [3.8, 4) is 0 Å². The highest BCUT2D eigenvalue weighted by atomic mass is 32.2. The van der Waals surface area contributed by atoms with Gasteiger partial charge in [0.05, 0.1) is 24.7 Å². The second-order valence-corrected chi connectivity index (χ2v) is 6.76. The molecule has 94 valence electrons. The highest BCUT2D eigenvalue weighted by Gasteiger charge is 2.36. The first-order valence-corrected chi connectivity index (χ1v) is 7.59. The molecule has 2 heterocycles. The summed E-state index contributed by atoms with van der Waals surface area (Å²) < 4.78 is 28.3. The lowest BCUT2D eigenvalue weighted by Gasteiger charge is -2.39. The Bertz CT molecular complexity index is 328. The molecule has 2 saturated heterocycles. The molecule has 0 radical (unpaired) electrons. The zero-order valence-corrected chi connectivity index (χ0v) is 10.2. The smallest absolute Gasteiger partial charge is 0.151 e. The molecule has 0 aromatic rings. The third kappa shape index (κ3) is 2.74. The van der Waals surface area contributed by atoms with Crippen molar-refractivity contribution in [3.63, 3.8) is 0 Å². The first-order chi connectivity index (χ1) is 7.62. The summed E-state index contributed by atoms with van der Waals surface area (Å²) in [6.45, 7) is 2.18. The summed E-state index contributed by atoms with van der Waals surface area (Å²) in [5.41, 5.74) is 0. The third-order valence-electron chi connectivity index (χ3n) is 3.41. The summed E-state index contributed by atoms with van der Waals surface area (Å²) in [5, 5.41) is 8.98. The number of morpholine rings is 1. The Hall–Kier alpha value is -0.170. The van der Waals surface area contributed by atoms with Crippen LogP contribution in [-0.4, -0.2) is 68.4 Å². The third-order valence-corrected chi connectivity index (χ3v) is 5.16. The monoisotopic (exact) mass is 249 g/mol. The van der Waals surface area contributed by atoms with E-state index >= 15 is 0 Å². The van der Waals surface area contributed by atoms with Gasteiger partial charge in [-0.3, -0.25) is 4.90 Å². The van der Waals surface area contributed by atoms with Crippen molar-refractivity contribution in [1.29, 1.82) is 0 Å². The number of aliphatic hydroxyl groups is 1. The van der Waals surface area contributed by atoms with Crippen LogP contribution >= 0.6 is 0 Å². The zero-order valence-electron chi connectivity index (χ0n) is 9.34. The van der Waals surface area contributed by atoms with E-state index in [2.05, 4.69) is 4.90 Å². The molecule has 2 fully saturated rings. The number of nitrogens with zero attached hydrogens (tertiary/aromatic N) is 1. The van der Waals surface area contributed by atoms with E-state index in [9.17, 15) is 8.42 Å². The van der Waals surface area contributed by atoms with Crippen LogP contribution in [0.4, 0.5) is 0 Å². The molecule has 0 saturated carbocycles. The number of sulfone groups is 1. The largest absolute Gasteiger partial charge is 0.396 e. The van der Waals surface area contributed by atoms with Crippen LogP contribution in [0.3, 0.4) is 0 Å². The van der Waals surface area contributed by atoms with Crippen LogP contribution in [0.5, 0.6) is 0 Å². The van der Waals surface area contributed by atoms with Gasteiger partial charge in [0.25, 0.3) is 0 Å². The van der Waals surface area contributed by atoms with Crippen LogP contribution in [0.2, 0.25) is 0 Å². The maximum Gasteiger partial charge on any atom is 0.151 e. The van der Waals surface area contributed by atoms with Crippen LogP contribution in [0.15, 0.2) is 0 Å². The lowest BCUT2D eigenvalue weighted by Crippen LogP contribution is -2.51. The van der Waals surface area contributed by atoms with E-state index in [1.807, 2.05) is 0 Å². The van der Waals surface area contributed by atoms with Crippen LogP contribution in [0.25, 0.3) is 0 Å². The molecule has 16 heavy (non-hydrogen) atoms.